The first-order chi connectivity index (χ1) is 12.6. The van der Waals surface area contributed by atoms with Gasteiger partial charge in [0.1, 0.15) is 0 Å². The normalized spacial score (nSPS) is 28.8. The van der Waals surface area contributed by atoms with Gasteiger partial charge in [0.15, 0.2) is 0 Å². The lowest BCUT2D eigenvalue weighted by atomic mass is 9.81. The largest absolute Gasteiger partial charge is 0.481 e. The minimum atomic E-state index is -0.698. The van der Waals surface area contributed by atoms with E-state index in [-0.39, 0.29) is 12.5 Å². The van der Waals surface area contributed by atoms with Crippen LogP contribution in [0.25, 0.3) is 0 Å². The molecule has 2 bridgehead atoms. The van der Waals surface area contributed by atoms with E-state index in [0.29, 0.717) is 23.9 Å². The number of unbranched alkanes of at least 4 members (excludes halogenated alkanes) is 4. The highest BCUT2D eigenvalue weighted by Crippen LogP contribution is 2.48. The Bertz CT molecular complexity index is 434. The quantitative estimate of drug-likeness (QED) is 0.337. The highest BCUT2D eigenvalue weighted by atomic mass is 16.5. The summed E-state index contributed by atoms with van der Waals surface area (Å²) in [7, 11) is 0. The molecule has 4 nitrogen and oxygen atoms in total. The summed E-state index contributed by atoms with van der Waals surface area (Å²) in [5.74, 6) is 1.30. The van der Waals surface area contributed by atoms with E-state index in [1.54, 1.807) is 0 Å². The van der Waals surface area contributed by atoms with Crippen LogP contribution in [0.15, 0.2) is 12.2 Å². The third kappa shape index (κ3) is 7.03. The Morgan fingerprint density at radius 1 is 1.15 bits per heavy atom. The fraction of sp³-hybridized carbons (Fsp3) is 0.864. The van der Waals surface area contributed by atoms with Gasteiger partial charge in [-0.05, 0) is 69.1 Å². The molecule has 26 heavy (non-hydrogen) atoms. The fourth-order valence-electron chi connectivity index (χ4n) is 4.74. The van der Waals surface area contributed by atoms with Crippen molar-refractivity contribution in [2.45, 2.75) is 96.2 Å². The van der Waals surface area contributed by atoms with E-state index in [1.165, 1.54) is 19.3 Å². The van der Waals surface area contributed by atoms with Crippen molar-refractivity contribution in [3.63, 3.8) is 0 Å². The van der Waals surface area contributed by atoms with Crippen molar-refractivity contribution in [2.75, 3.05) is 6.61 Å². The summed E-state index contributed by atoms with van der Waals surface area (Å²) in [6.45, 7) is 3.11. The molecule has 2 aliphatic rings. The molecule has 5 atom stereocenters. The monoisotopic (exact) mass is 366 g/mol. The van der Waals surface area contributed by atoms with E-state index >= 15 is 0 Å². The van der Waals surface area contributed by atoms with Crippen molar-refractivity contribution in [2.24, 2.45) is 17.8 Å². The molecule has 1 aliphatic carbocycles. The van der Waals surface area contributed by atoms with Gasteiger partial charge in [-0.2, -0.15) is 0 Å². The van der Waals surface area contributed by atoms with Crippen LogP contribution in [-0.4, -0.2) is 35.0 Å². The number of rotatable bonds is 14. The number of ether oxygens (including phenoxy) is 1. The Morgan fingerprint density at radius 3 is 2.77 bits per heavy atom. The van der Waals surface area contributed by atoms with E-state index < -0.39 is 5.97 Å². The molecule has 0 aromatic heterocycles. The van der Waals surface area contributed by atoms with E-state index in [1.807, 2.05) is 0 Å². The molecule has 2 rings (SSSR count). The summed E-state index contributed by atoms with van der Waals surface area (Å²) in [6.07, 6.45) is 16.6. The number of fused-ring (bicyclic) bond motifs is 2. The SMILES string of the molecule is CCCCC[C@H](O)CCC1C2CC(CO2)[C@@H]1CC=CCCCCC(=O)O. The van der Waals surface area contributed by atoms with Crippen LogP contribution in [0.1, 0.15) is 84.0 Å². The van der Waals surface area contributed by atoms with Gasteiger partial charge in [-0.1, -0.05) is 38.3 Å². The van der Waals surface area contributed by atoms with Crippen LogP contribution in [0, 0.1) is 17.8 Å². The molecule has 0 spiro atoms. The first-order valence-corrected chi connectivity index (χ1v) is 10.8. The maximum absolute atomic E-state index is 10.5. The van der Waals surface area contributed by atoms with Gasteiger partial charge in [0, 0.05) is 6.42 Å². The van der Waals surface area contributed by atoms with Crippen molar-refractivity contribution in [1.82, 2.24) is 0 Å². The predicted molar refractivity (Wildman–Crippen MR) is 104 cm³/mol. The van der Waals surface area contributed by atoms with E-state index in [9.17, 15) is 9.90 Å². The average molecular weight is 367 g/mol. The fourth-order valence-corrected chi connectivity index (χ4v) is 4.74. The smallest absolute Gasteiger partial charge is 0.303 e. The first-order valence-electron chi connectivity index (χ1n) is 10.8. The number of aliphatic hydroxyl groups excluding tert-OH is 1. The molecule has 1 aliphatic heterocycles. The van der Waals surface area contributed by atoms with Gasteiger partial charge < -0.3 is 14.9 Å². The van der Waals surface area contributed by atoms with Crippen LogP contribution >= 0.6 is 0 Å². The molecule has 1 saturated heterocycles. The van der Waals surface area contributed by atoms with Crippen LogP contribution in [-0.2, 0) is 9.53 Å². The molecular formula is C22H38O4. The third-order valence-corrected chi connectivity index (χ3v) is 6.25. The minimum absolute atomic E-state index is 0.147. The molecule has 150 valence electrons. The molecular weight excluding hydrogens is 328 g/mol. The standard InChI is InChI=1S/C22H38O4/c1-2-3-7-10-18(23)13-14-20-19(17-15-21(20)26-16-17)11-8-5-4-6-9-12-22(24)25/h5,8,17-21,23H,2-4,6-7,9-16H2,1H3,(H,24,25)/t17?,18-,19-,20?,21?/m0/s1. The maximum atomic E-state index is 10.5. The second-order valence-electron chi connectivity index (χ2n) is 8.27. The van der Waals surface area contributed by atoms with Crippen molar-refractivity contribution >= 4 is 5.97 Å². The number of carbonyl (C=O) groups is 1. The summed E-state index contributed by atoms with van der Waals surface area (Å²) >= 11 is 0. The molecule has 3 unspecified atom stereocenters. The Morgan fingerprint density at radius 2 is 2.00 bits per heavy atom. The minimum Gasteiger partial charge on any atom is -0.481 e. The second-order valence-corrected chi connectivity index (χ2v) is 8.27. The molecule has 0 aromatic carbocycles. The number of hydrogen-bond donors (Lipinski definition) is 2. The van der Waals surface area contributed by atoms with Gasteiger partial charge in [-0.3, -0.25) is 4.79 Å². The van der Waals surface area contributed by atoms with Crippen molar-refractivity contribution < 1.29 is 19.7 Å². The lowest BCUT2D eigenvalue weighted by molar-refractivity contribution is -0.137. The topological polar surface area (TPSA) is 66.8 Å². The molecule has 0 amide bonds. The van der Waals surface area contributed by atoms with Crippen LogP contribution < -0.4 is 0 Å². The molecule has 0 radical (unpaired) electrons. The van der Waals surface area contributed by atoms with Gasteiger partial charge in [-0.15, -0.1) is 0 Å². The molecule has 4 heteroatoms. The number of aliphatic carboxylic acids is 1. The van der Waals surface area contributed by atoms with E-state index in [0.717, 1.165) is 58.0 Å². The number of allylic oxidation sites excluding steroid dienone is 2. The third-order valence-electron chi connectivity index (χ3n) is 6.25. The maximum Gasteiger partial charge on any atom is 0.303 e. The molecule has 2 fully saturated rings. The van der Waals surface area contributed by atoms with Gasteiger partial charge >= 0.3 is 5.97 Å². The zero-order valence-corrected chi connectivity index (χ0v) is 16.4. The van der Waals surface area contributed by atoms with Gasteiger partial charge in [0.2, 0.25) is 0 Å². The summed E-state index contributed by atoms with van der Waals surface area (Å²) in [6, 6.07) is 0. The molecule has 0 aromatic rings. The van der Waals surface area contributed by atoms with Gasteiger partial charge in [-0.25, -0.2) is 0 Å². The highest BCUT2D eigenvalue weighted by molar-refractivity contribution is 5.66. The summed E-state index contributed by atoms with van der Waals surface area (Å²) < 4.78 is 5.95. The number of hydrogen-bond acceptors (Lipinski definition) is 3. The summed E-state index contributed by atoms with van der Waals surface area (Å²) in [5, 5.41) is 18.9. The van der Waals surface area contributed by atoms with E-state index in [4.69, 9.17) is 9.84 Å². The Labute approximate surface area is 159 Å². The van der Waals surface area contributed by atoms with Crippen molar-refractivity contribution in [3.05, 3.63) is 12.2 Å². The Hall–Kier alpha value is -0.870. The van der Waals surface area contributed by atoms with Crippen LogP contribution in [0.3, 0.4) is 0 Å². The van der Waals surface area contributed by atoms with Gasteiger partial charge in [0.25, 0.3) is 0 Å². The number of aliphatic hydroxyl groups is 1. The first kappa shape index (κ1) is 21.4. The predicted octanol–water partition coefficient (Wildman–Crippen LogP) is 4.95. The average Bonchev–Trinajstić information content (AvgIpc) is 3.20. The van der Waals surface area contributed by atoms with Crippen LogP contribution in [0.5, 0.6) is 0 Å². The van der Waals surface area contributed by atoms with Crippen molar-refractivity contribution in [1.29, 1.82) is 0 Å². The second kappa shape index (κ2) is 11.8. The summed E-state index contributed by atoms with van der Waals surface area (Å²) in [4.78, 5) is 10.5. The molecule has 1 heterocycles. The highest BCUT2D eigenvalue weighted by Gasteiger charge is 2.47. The van der Waals surface area contributed by atoms with Crippen LogP contribution in [0.2, 0.25) is 0 Å². The Kier molecular flexibility index (Phi) is 9.69. The zero-order chi connectivity index (χ0) is 18.8. The zero-order valence-electron chi connectivity index (χ0n) is 16.4. The van der Waals surface area contributed by atoms with Gasteiger partial charge in [0.05, 0.1) is 18.8 Å². The summed E-state index contributed by atoms with van der Waals surface area (Å²) in [5.41, 5.74) is 0. The van der Waals surface area contributed by atoms with Crippen LogP contribution in [0.4, 0.5) is 0 Å². The molecule has 2 N–H and O–H groups in total. The lowest BCUT2D eigenvalue weighted by Crippen LogP contribution is -2.29. The lowest BCUT2D eigenvalue weighted by Gasteiger charge is -2.31. The Balaban J connectivity index is 1.68. The molecule has 1 saturated carbocycles. The number of carboxylic acid groups (broad SMARTS) is 1. The van der Waals surface area contributed by atoms with E-state index in [2.05, 4.69) is 19.1 Å². The number of carboxylic acids is 1. The van der Waals surface area contributed by atoms with Crippen molar-refractivity contribution in [3.8, 4) is 0 Å².